The van der Waals surface area contributed by atoms with Gasteiger partial charge in [-0.05, 0) is 5.18 Å². The van der Waals surface area contributed by atoms with Gasteiger partial charge in [0.25, 0.3) is 0 Å². The number of nitrogens with zero attached hydrogens (tertiary/aromatic N) is 2. The molecule has 0 unspecified atom stereocenters. The standard InChI is InChI=1S/C5H5N2O2/c8-6-5-1-3-7(9)4-2-5/h1-4,9H/q+1. The predicted molar refractivity (Wildman–Crippen MR) is 29.3 cm³/mol. The van der Waals surface area contributed by atoms with Crippen molar-refractivity contribution in [1.29, 1.82) is 0 Å². The maximum Gasteiger partial charge on any atom is 0.224 e. The molecule has 0 saturated carbocycles. The van der Waals surface area contributed by atoms with Gasteiger partial charge in [0.1, 0.15) is 5.69 Å². The summed E-state index contributed by atoms with van der Waals surface area (Å²) in [6, 6.07) is 2.82. The van der Waals surface area contributed by atoms with E-state index in [1.165, 1.54) is 24.5 Å². The van der Waals surface area contributed by atoms with E-state index in [4.69, 9.17) is 5.21 Å². The van der Waals surface area contributed by atoms with Gasteiger partial charge in [-0.2, -0.15) is 0 Å². The Bertz CT molecular complexity index is 207. The topological polar surface area (TPSA) is 53.5 Å². The summed E-state index contributed by atoms with van der Waals surface area (Å²) in [5.41, 5.74) is 0.306. The minimum absolute atomic E-state index is 0.306. The smallest absolute Gasteiger partial charge is 0.224 e. The lowest BCUT2D eigenvalue weighted by atomic mass is 10.4. The highest BCUT2D eigenvalue weighted by Gasteiger charge is 1.94. The molecule has 1 heterocycles. The van der Waals surface area contributed by atoms with Crippen LogP contribution < -0.4 is 4.73 Å². The Labute approximate surface area is 51.3 Å². The Hall–Kier alpha value is -1.45. The minimum atomic E-state index is 0.306. The van der Waals surface area contributed by atoms with Crippen LogP contribution in [0.3, 0.4) is 0 Å². The Kier molecular flexibility index (Phi) is 1.40. The van der Waals surface area contributed by atoms with Gasteiger partial charge in [-0.25, -0.2) is 0 Å². The van der Waals surface area contributed by atoms with Gasteiger partial charge in [-0.15, -0.1) is 4.91 Å². The van der Waals surface area contributed by atoms with Gasteiger partial charge in [0, 0.05) is 16.9 Å². The van der Waals surface area contributed by atoms with Gasteiger partial charge < -0.3 is 0 Å². The molecular formula is C5H5N2O2+. The Morgan fingerprint density at radius 3 is 2.44 bits per heavy atom. The zero-order valence-corrected chi connectivity index (χ0v) is 4.56. The minimum Gasteiger partial charge on any atom is -0.285 e. The lowest BCUT2D eigenvalue weighted by molar-refractivity contribution is -0.904. The van der Waals surface area contributed by atoms with Crippen molar-refractivity contribution >= 4 is 5.69 Å². The third-order valence-electron chi connectivity index (χ3n) is 0.901. The lowest BCUT2D eigenvalue weighted by Crippen LogP contribution is -2.27. The number of pyridine rings is 1. The van der Waals surface area contributed by atoms with E-state index >= 15 is 0 Å². The number of nitroso groups, excluding NO2 is 1. The van der Waals surface area contributed by atoms with Gasteiger partial charge in [-0.3, -0.25) is 5.21 Å². The first-order valence-corrected chi connectivity index (χ1v) is 2.37. The van der Waals surface area contributed by atoms with E-state index in [0.717, 1.165) is 4.73 Å². The number of rotatable bonds is 1. The molecule has 1 rings (SSSR count). The monoisotopic (exact) mass is 125 g/mol. The van der Waals surface area contributed by atoms with E-state index in [9.17, 15) is 4.91 Å². The summed E-state index contributed by atoms with van der Waals surface area (Å²) in [7, 11) is 0. The van der Waals surface area contributed by atoms with Crippen molar-refractivity contribution in [3.63, 3.8) is 0 Å². The molecule has 9 heavy (non-hydrogen) atoms. The van der Waals surface area contributed by atoms with Crippen LogP contribution in [-0.4, -0.2) is 5.21 Å². The number of aromatic nitrogens is 1. The van der Waals surface area contributed by atoms with Gasteiger partial charge in [0.05, 0.1) is 0 Å². The van der Waals surface area contributed by atoms with E-state index in [2.05, 4.69) is 5.18 Å². The fourth-order valence-corrected chi connectivity index (χ4v) is 0.472. The molecule has 0 aromatic carbocycles. The third kappa shape index (κ3) is 1.22. The summed E-state index contributed by atoms with van der Waals surface area (Å²) >= 11 is 0. The molecule has 0 aliphatic carbocycles. The molecule has 0 bridgehead atoms. The highest BCUT2D eigenvalue weighted by atomic mass is 16.5. The van der Waals surface area contributed by atoms with Crippen molar-refractivity contribution < 1.29 is 9.94 Å². The Balaban J connectivity index is 3.01. The van der Waals surface area contributed by atoms with E-state index < -0.39 is 0 Å². The van der Waals surface area contributed by atoms with Gasteiger partial charge >= 0.3 is 0 Å². The molecule has 46 valence electrons. The molecule has 4 nitrogen and oxygen atoms in total. The van der Waals surface area contributed by atoms with Crippen LogP contribution in [0.25, 0.3) is 0 Å². The quantitative estimate of drug-likeness (QED) is 0.339. The van der Waals surface area contributed by atoms with Crippen molar-refractivity contribution in [2.75, 3.05) is 0 Å². The first-order valence-electron chi connectivity index (χ1n) is 2.37. The predicted octanol–water partition coefficient (Wildman–Crippen LogP) is 0.609. The molecule has 4 heteroatoms. The second-order valence-corrected chi connectivity index (χ2v) is 1.53. The van der Waals surface area contributed by atoms with Crippen LogP contribution in [0.1, 0.15) is 0 Å². The molecule has 0 atom stereocenters. The maximum absolute atomic E-state index is 9.78. The first-order chi connectivity index (χ1) is 4.33. The van der Waals surface area contributed by atoms with Gasteiger partial charge in [0.15, 0.2) is 0 Å². The summed E-state index contributed by atoms with van der Waals surface area (Å²) in [6.07, 6.45) is 2.66. The zero-order chi connectivity index (χ0) is 6.69. The molecule has 1 aromatic rings. The van der Waals surface area contributed by atoms with Crippen molar-refractivity contribution in [2.24, 2.45) is 5.18 Å². The van der Waals surface area contributed by atoms with E-state index in [-0.39, 0.29) is 0 Å². The Morgan fingerprint density at radius 1 is 1.44 bits per heavy atom. The molecule has 0 fully saturated rings. The molecule has 1 aromatic heterocycles. The Morgan fingerprint density at radius 2 is 2.00 bits per heavy atom. The van der Waals surface area contributed by atoms with Crippen molar-refractivity contribution in [2.45, 2.75) is 0 Å². The fourth-order valence-electron chi connectivity index (χ4n) is 0.472. The normalized spacial score (nSPS) is 8.89. The van der Waals surface area contributed by atoms with Crippen molar-refractivity contribution in [3.8, 4) is 0 Å². The molecule has 0 radical (unpaired) electrons. The highest BCUT2D eigenvalue weighted by molar-refractivity contribution is 5.31. The molecule has 0 amide bonds. The second kappa shape index (κ2) is 2.21. The van der Waals surface area contributed by atoms with Crippen LogP contribution in [0.5, 0.6) is 0 Å². The summed E-state index contributed by atoms with van der Waals surface area (Å²) < 4.78 is 0.842. The molecule has 0 aliphatic heterocycles. The largest absolute Gasteiger partial charge is 0.285 e. The van der Waals surface area contributed by atoms with E-state index in [1.807, 2.05) is 0 Å². The molecule has 0 spiro atoms. The van der Waals surface area contributed by atoms with Gasteiger partial charge in [0.2, 0.25) is 12.4 Å². The summed E-state index contributed by atoms with van der Waals surface area (Å²) in [5.74, 6) is 0. The van der Waals surface area contributed by atoms with Crippen LogP contribution in [0.2, 0.25) is 0 Å². The first kappa shape index (κ1) is 5.68. The van der Waals surface area contributed by atoms with Crippen LogP contribution in [-0.2, 0) is 0 Å². The van der Waals surface area contributed by atoms with E-state index in [0.29, 0.717) is 5.69 Å². The van der Waals surface area contributed by atoms with Crippen molar-refractivity contribution in [1.82, 2.24) is 0 Å². The van der Waals surface area contributed by atoms with Crippen LogP contribution in [0.15, 0.2) is 29.7 Å². The van der Waals surface area contributed by atoms with Crippen molar-refractivity contribution in [3.05, 3.63) is 29.4 Å². The molecule has 1 N–H and O–H groups in total. The number of hydrogen-bond donors (Lipinski definition) is 1. The number of hydrogen-bond acceptors (Lipinski definition) is 3. The third-order valence-corrected chi connectivity index (χ3v) is 0.901. The van der Waals surface area contributed by atoms with Gasteiger partial charge in [-0.1, -0.05) is 0 Å². The van der Waals surface area contributed by atoms with Crippen LogP contribution >= 0.6 is 0 Å². The maximum atomic E-state index is 9.78. The molecule has 0 saturated heterocycles. The fraction of sp³-hybridized carbons (Fsp3) is 0. The second-order valence-electron chi connectivity index (χ2n) is 1.53. The average molecular weight is 125 g/mol. The molecular weight excluding hydrogens is 120 g/mol. The summed E-state index contributed by atoms with van der Waals surface area (Å²) in [4.78, 5) is 9.78. The SMILES string of the molecule is O=Nc1cc[n+](O)cc1. The highest BCUT2D eigenvalue weighted by Crippen LogP contribution is 2.04. The van der Waals surface area contributed by atoms with Crippen LogP contribution in [0, 0.1) is 4.91 Å². The lowest BCUT2D eigenvalue weighted by Gasteiger charge is -1.80. The summed E-state index contributed by atoms with van der Waals surface area (Å²) in [5, 5.41) is 11.3. The van der Waals surface area contributed by atoms with E-state index in [1.54, 1.807) is 0 Å². The zero-order valence-electron chi connectivity index (χ0n) is 4.56. The average Bonchev–Trinajstić information content (AvgIpc) is 1.90. The molecule has 0 aliphatic rings. The summed E-state index contributed by atoms with van der Waals surface area (Å²) in [6.45, 7) is 0. The van der Waals surface area contributed by atoms with Crippen LogP contribution in [0.4, 0.5) is 5.69 Å².